The van der Waals surface area contributed by atoms with Gasteiger partial charge in [0.25, 0.3) is 0 Å². The highest BCUT2D eigenvalue weighted by Gasteiger charge is 2.44. The second kappa shape index (κ2) is 51.2. The molecule has 0 aliphatic carbocycles. The zero-order valence-electron chi connectivity index (χ0n) is 76.7. The van der Waals surface area contributed by atoms with Crippen LogP contribution < -0.4 is 91.7 Å². The molecule has 13 amide bonds. The van der Waals surface area contributed by atoms with Gasteiger partial charge in [0, 0.05) is 62.4 Å². The summed E-state index contributed by atoms with van der Waals surface area (Å²) in [6.07, 6.45) is 3.28. The maximum Gasteiger partial charge on any atom is 0.246 e. The lowest BCUT2D eigenvalue weighted by atomic mass is 9.91. The normalized spacial score (nSPS) is 22.0. The van der Waals surface area contributed by atoms with Gasteiger partial charge in [-0.05, 0) is 160 Å². The van der Waals surface area contributed by atoms with E-state index in [2.05, 4.69) is 95.5 Å². The van der Waals surface area contributed by atoms with E-state index in [0.717, 1.165) is 0 Å². The minimum atomic E-state index is -1.94. The van der Waals surface area contributed by atoms with Crippen molar-refractivity contribution in [2.24, 2.45) is 23.3 Å². The number of phenolic OH excluding ortho intramolecular Hbond substituents is 1. The van der Waals surface area contributed by atoms with Crippen molar-refractivity contribution in [2.75, 3.05) is 0 Å². The Hall–Kier alpha value is -12.3. The predicted octanol–water partition coefficient (Wildman–Crippen LogP) is 0.0655. The molecule has 0 spiro atoms. The van der Waals surface area contributed by atoms with Crippen molar-refractivity contribution in [3.63, 3.8) is 0 Å². The number of Topliss-reactive ketones (excluding diaryl/α,β-unsaturated/α-hetero) is 4. The molecule has 6 rings (SSSR count). The highest BCUT2D eigenvalue weighted by atomic mass is 16.3. The molecule has 3 heterocycles. The van der Waals surface area contributed by atoms with E-state index in [1.165, 1.54) is 86.6 Å². The summed E-state index contributed by atoms with van der Waals surface area (Å²) in [6, 6.07) is 2.56. The number of nitrogens with one attached hydrogen (secondary N) is 16. The summed E-state index contributed by atoms with van der Waals surface area (Å²) < 4.78 is 1.59. The standard InChI is InChI=1S/C90H133N21O19/c1-15-16-31-66(80(122)95-54(9)78(92)120)108-105-53(8)76(118)74(116)52(7)96-87(129)90(14)40-26-29-61-48-111(110-106-61)41-25-18-17-24-39-89(13,103-84(126)69(44-58-27-20-19-21-28-58)101-86(128)73(56(11)112)102-83(125)67(42-49(2)3)98-57(12)113)88(130)97-55(10)79(121)99-68(45-59-33-35-62(114)36-34-59)82(124)100-70(46-60-47-93-64-32-23-22-30-63(60)64)81(123)94-51(6)75(117)77(119)65(37-38-72(91)115)107-109-71(43-50(4)5)85(127)104-90/h19-23,27-28,30,32-36,47-56,65-71,73,93,105,107-109,112,114H,15-18,24-26,29,31,37-46H2,1-14H3,(H2,91,115)(H2,92,120)(H,94,123)(H,95,122)(H,96,129)(H,97,130)(H,98,113)(H,99,121)(H,100,124)(H,101,128)(H,102,125)(H,103,126)(H,104,127)/t51?,52?,53?,54?,55?,56-,65+,66+,67+,68+,69+,70+,71+,73+,89?,90+/m1/s1. The average molecular weight is 1810 g/mol. The maximum atomic E-state index is 15.3. The van der Waals surface area contributed by atoms with Crippen LogP contribution in [0.25, 0.3) is 10.9 Å². The number of aliphatic hydroxyl groups is 1. The molecule has 0 saturated heterocycles. The van der Waals surface area contributed by atoms with Crippen LogP contribution in [-0.2, 0) is 114 Å². The topological polar surface area (TPSA) is 610 Å². The molecular weight excluding hydrogens is 1680 g/mol. The number of nitrogens with two attached hydrogens (primary N) is 2. The number of aromatic nitrogens is 4. The molecule has 22 N–H and O–H groups in total. The number of nitrogens with zero attached hydrogens (tertiary/aromatic N) is 3. The van der Waals surface area contributed by atoms with Crippen molar-refractivity contribution >= 4 is 111 Å². The second-order valence-corrected chi connectivity index (χ2v) is 35.0. The Labute approximate surface area is 756 Å². The number of hydrazine groups is 2. The molecule has 40 heteroatoms. The first-order chi connectivity index (χ1) is 61.3. The van der Waals surface area contributed by atoms with Gasteiger partial charge in [-0.1, -0.05) is 133 Å². The number of primary amides is 2. The number of rotatable bonds is 35. The third-order valence-corrected chi connectivity index (χ3v) is 22.4. The van der Waals surface area contributed by atoms with Gasteiger partial charge in [0.15, 0.2) is 0 Å². The molecule has 5 aromatic rings. The number of carbonyl (C=O) groups excluding carboxylic acids is 17. The van der Waals surface area contributed by atoms with Gasteiger partial charge in [0.05, 0.1) is 42.0 Å². The number of phenols is 1. The molecule has 16 atom stereocenters. The predicted molar refractivity (Wildman–Crippen MR) is 480 cm³/mol. The Kier molecular flexibility index (Phi) is 42.0. The molecule has 2 bridgehead atoms. The lowest BCUT2D eigenvalue weighted by Crippen LogP contribution is -2.65. The first-order valence-electron chi connectivity index (χ1n) is 44.4. The lowest BCUT2D eigenvalue weighted by Gasteiger charge is -2.33. The average Bonchev–Trinajstić information content (AvgIpc) is 1.76. The quantitative estimate of drug-likeness (QED) is 0.0188. The molecule has 2 aromatic heterocycles. The van der Waals surface area contributed by atoms with Crippen LogP contribution in [0.1, 0.15) is 209 Å². The van der Waals surface area contributed by atoms with Gasteiger partial charge in [0.1, 0.15) is 65.2 Å². The molecule has 0 radical (unpaired) electrons. The summed E-state index contributed by atoms with van der Waals surface area (Å²) in [5, 5.41) is 60.0. The van der Waals surface area contributed by atoms with Gasteiger partial charge >= 0.3 is 0 Å². The number of aromatic amines is 1. The summed E-state index contributed by atoms with van der Waals surface area (Å²) in [4.78, 5) is 244. The van der Waals surface area contributed by atoms with Crippen molar-refractivity contribution in [3.8, 4) is 5.75 Å². The zero-order valence-corrected chi connectivity index (χ0v) is 76.7. The van der Waals surface area contributed by atoms with Crippen LogP contribution in [0.4, 0.5) is 0 Å². The Morgan fingerprint density at radius 3 is 1.87 bits per heavy atom. The molecule has 712 valence electrons. The van der Waals surface area contributed by atoms with Crippen molar-refractivity contribution in [1.29, 1.82) is 0 Å². The van der Waals surface area contributed by atoms with Gasteiger partial charge in [-0.3, -0.25) is 86.2 Å². The van der Waals surface area contributed by atoms with Crippen LogP contribution >= 0.6 is 0 Å². The minimum Gasteiger partial charge on any atom is -0.508 e. The van der Waals surface area contributed by atoms with Crippen LogP contribution in [0.2, 0.25) is 0 Å². The van der Waals surface area contributed by atoms with Crippen LogP contribution in [0.3, 0.4) is 0 Å². The molecule has 6 unspecified atom stereocenters. The van der Waals surface area contributed by atoms with E-state index in [9.17, 15) is 67.7 Å². The molecular formula is C90H133N21O19. The van der Waals surface area contributed by atoms with Crippen molar-refractivity contribution in [2.45, 2.75) is 315 Å². The molecule has 40 nitrogen and oxygen atoms in total. The van der Waals surface area contributed by atoms with Gasteiger partial charge < -0.3 is 85.1 Å². The zero-order chi connectivity index (χ0) is 96.4. The van der Waals surface area contributed by atoms with E-state index in [1.807, 2.05) is 20.8 Å². The van der Waals surface area contributed by atoms with E-state index in [0.29, 0.717) is 71.9 Å². The number of hydrogen-bond donors (Lipinski definition) is 20. The van der Waals surface area contributed by atoms with Crippen molar-refractivity contribution in [3.05, 3.63) is 114 Å². The number of ketones is 4. The Bertz CT molecular complexity index is 4750. The van der Waals surface area contributed by atoms with Gasteiger partial charge in [-0.25, -0.2) is 21.7 Å². The van der Waals surface area contributed by atoms with Crippen LogP contribution in [0.5, 0.6) is 5.75 Å². The molecule has 1 aliphatic heterocycles. The number of carbonyl (C=O) groups is 17. The Balaban J connectivity index is 1.40. The van der Waals surface area contributed by atoms with Crippen molar-refractivity contribution < 1.29 is 91.7 Å². The van der Waals surface area contributed by atoms with E-state index < -0.39 is 208 Å². The summed E-state index contributed by atoms with van der Waals surface area (Å²) in [6.45, 7) is 21.2. The van der Waals surface area contributed by atoms with Gasteiger partial charge in [-0.15, -0.1) is 5.10 Å². The van der Waals surface area contributed by atoms with Gasteiger partial charge in [0.2, 0.25) is 99.9 Å². The molecule has 130 heavy (non-hydrogen) atoms. The van der Waals surface area contributed by atoms with Crippen LogP contribution in [0.15, 0.2) is 91.3 Å². The maximum absolute atomic E-state index is 15.3. The van der Waals surface area contributed by atoms with Crippen LogP contribution in [-0.4, -0.2) is 226 Å². The summed E-state index contributed by atoms with van der Waals surface area (Å²) in [5.41, 5.74) is 20.7. The summed E-state index contributed by atoms with van der Waals surface area (Å²) in [7, 11) is 0. The second-order valence-electron chi connectivity index (χ2n) is 35.0. The third kappa shape index (κ3) is 33.7. The Morgan fingerprint density at radius 1 is 0.592 bits per heavy atom. The fraction of sp³-hybridized carbons (Fsp3) is 0.567. The Morgan fingerprint density at radius 2 is 1.22 bits per heavy atom. The van der Waals surface area contributed by atoms with Crippen molar-refractivity contribution in [1.82, 2.24) is 100 Å². The smallest absolute Gasteiger partial charge is 0.246 e. The fourth-order valence-corrected chi connectivity index (χ4v) is 14.6. The van der Waals surface area contributed by atoms with E-state index in [-0.39, 0.29) is 88.2 Å². The molecule has 1 aliphatic rings. The number of para-hydroxylation sites is 1. The monoisotopic (exact) mass is 1810 g/mol. The number of unbranched alkanes of at least 4 members (excludes halogenated alkanes) is 1. The number of aromatic hydroxyl groups is 1. The molecule has 0 saturated carbocycles. The number of amides is 13. The number of hydrogen-bond acceptors (Lipinski definition) is 25. The van der Waals surface area contributed by atoms with E-state index in [1.54, 1.807) is 85.5 Å². The SMILES string of the molecule is CCCC[C@H](NNC(C)C(=O)C(=O)C(C)NC(=O)[C@]1(C)CCCc2cn(nn2)CCCCCCC(C)(NC(=O)[C@H](Cc2ccccc2)NC(=O)[C@@H](NC(=O)[C@H](CC(C)C)NC(C)=O)[C@@H](C)O)C(=O)NC(C)C(=O)N[C@@H](Cc2ccc(O)cc2)C(=O)N[C@@H](Cc2c[nH]c3ccccc23)C(=O)NC(C)C(=O)C(=O)[C@H](CCC(N)=O)NN[C@@H](CC(C)C)C(=O)N1)C(=O)NC(C)C(N)=O. The number of aliphatic hydroxyl groups excluding tert-OH is 1. The van der Waals surface area contributed by atoms with Crippen LogP contribution in [0, 0.1) is 11.8 Å². The lowest BCUT2D eigenvalue weighted by molar-refractivity contribution is -0.141. The first-order valence-corrected chi connectivity index (χ1v) is 44.4. The third-order valence-electron chi connectivity index (χ3n) is 22.4. The summed E-state index contributed by atoms with van der Waals surface area (Å²) in [5.74, 6) is -16.2. The van der Waals surface area contributed by atoms with Gasteiger partial charge in [-0.2, -0.15) is 0 Å². The molecule has 0 fully saturated rings. The number of benzene rings is 3. The molecule has 3 aromatic carbocycles. The summed E-state index contributed by atoms with van der Waals surface area (Å²) >= 11 is 0. The number of H-pyrrole nitrogens is 1. The highest BCUT2D eigenvalue weighted by molar-refractivity contribution is 6.41. The van der Waals surface area contributed by atoms with E-state index in [4.69, 9.17) is 11.5 Å². The fourth-order valence-electron chi connectivity index (χ4n) is 14.6. The number of fused-ring (bicyclic) bond motifs is 3. The number of aryl methyl sites for hydroxylation is 2. The minimum absolute atomic E-state index is 0.0128. The largest absolute Gasteiger partial charge is 0.508 e. The van der Waals surface area contributed by atoms with E-state index >= 15 is 24.0 Å². The highest BCUT2D eigenvalue weighted by Crippen LogP contribution is 2.24. The first kappa shape index (κ1) is 107.